The van der Waals surface area contributed by atoms with Gasteiger partial charge in [-0.05, 0) is 6.92 Å². The molecule has 0 bridgehead atoms. The molecule has 0 aromatic carbocycles. The summed E-state index contributed by atoms with van der Waals surface area (Å²) in [6, 6.07) is 0. The fourth-order valence-electron chi connectivity index (χ4n) is 1.32. The summed E-state index contributed by atoms with van der Waals surface area (Å²) in [6.07, 6.45) is -0.275. The van der Waals surface area contributed by atoms with Gasteiger partial charge in [0.15, 0.2) is 0 Å². The summed E-state index contributed by atoms with van der Waals surface area (Å²) in [5, 5.41) is 0. The summed E-state index contributed by atoms with van der Waals surface area (Å²) in [7, 11) is 0. The third kappa shape index (κ3) is 2.37. The highest BCUT2D eigenvalue weighted by atomic mass is 32.1. The first-order chi connectivity index (χ1) is 6.33. The summed E-state index contributed by atoms with van der Waals surface area (Å²) >= 11 is 4.63. The van der Waals surface area contributed by atoms with Crippen LogP contribution in [0.3, 0.4) is 0 Å². The van der Waals surface area contributed by atoms with Gasteiger partial charge in [-0.15, -0.1) is 0 Å². The van der Waals surface area contributed by atoms with Crippen molar-refractivity contribution in [2.75, 3.05) is 13.1 Å². The van der Waals surface area contributed by atoms with Gasteiger partial charge in [-0.1, -0.05) is 12.2 Å². The minimum absolute atomic E-state index is 0.0465. The summed E-state index contributed by atoms with van der Waals surface area (Å²) in [4.78, 5) is 12.7. The lowest BCUT2D eigenvalue weighted by molar-refractivity contribution is -0.133. The third-order valence-corrected chi connectivity index (χ3v) is 2.63. The Morgan fingerprint density at radius 2 is 2.21 bits per heavy atom. The standard InChI is InChI=1S/C8H12F2N2OS/c1-5(6(11)14)7(13)12-3-2-8(9,10)4-12/h5H,2-4H2,1H3,(H2,11,14). The Morgan fingerprint density at radius 1 is 1.64 bits per heavy atom. The molecule has 1 aliphatic rings. The molecule has 0 saturated carbocycles. The Morgan fingerprint density at radius 3 is 2.57 bits per heavy atom. The van der Waals surface area contributed by atoms with E-state index in [1.807, 2.05) is 0 Å². The highest BCUT2D eigenvalue weighted by Gasteiger charge is 2.41. The van der Waals surface area contributed by atoms with E-state index in [9.17, 15) is 13.6 Å². The first kappa shape index (κ1) is 11.3. The number of carbonyl (C=O) groups is 1. The fourth-order valence-corrected chi connectivity index (χ4v) is 1.42. The second-order valence-electron chi connectivity index (χ2n) is 3.49. The SMILES string of the molecule is CC(C(=O)N1CCC(F)(F)C1)C(N)=S. The summed E-state index contributed by atoms with van der Waals surface area (Å²) in [5.74, 6) is -3.82. The number of hydrogen-bond donors (Lipinski definition) is 1. The number of amides is 1. The van der Waals surface area contributed by atoms with Crippen molar-refractivity contribution < 1.29 is 13.6 Å². The van der Waals surface area contributed by atoms with E-state index in [1.165, 1.54) is 6.92 Å². The van der Waals surface area contributed by atoms with Crippen LogP contribution in [0.5, 0.6) is 0 Å². The molecule has 0 aromatic rings. The number of rotatable bonds is 2. The van der Waals surface area contributed by atoms with E-state index >= 15 is 0 Å². The molecule has 1 saturated heterocycles. The van der Waals surface area contributed by atoms with Crippen molar-refractivity contribution in [2.24, 2.45) is 11.7 Å². The number of hydrogen-bond acceptors (Lipinski definition) is 2. The molecular weight excluding hydrogens is 210 g/mol. The largest absolute Gasteiger partial charge is 0.393 e. The van der Waals surface area contributed by atoms with Gasteiger partial charge in [-0.25, -0.2) is 8.78 Å². The van der Waals surface area contributed by atoms with Gasteiger partial charge in [-0.3, -0.25) is 4.79 Å². The minimum Gasteiger partial charge on any atom is -0.393 e. The Balaban J connectivity index is 2.60. The monoisotopic (exact) mass is 222 g/mol. The lowest BCUT2D eigenvalue weighted by Gasteiger charge is -2.19. The fraction of sp³-hybridized carbons (Fsp3) is 0.750. The van der Waals surface area contributed by atoms with Crippen molar-refractivity contribution in [3.8, 4) is 0 Å². The van der Waals surface area contributed by atoms with Gasteiger partial charge in [0.25, 0.3) is 5.92 Å². The van der Waals surface area contributed by atoms with Crippen LogP contribution in [-0.4, -0.2) is 34.8 Å². The maximum absolute atomic E-state index is 12.8. The highest BCUT2D eigenvalue weighted by Crippen LogP contribution is 2.27. The van der Waals surface area contributed by atoms with E-state index in [1.54, 1.807) is 0 Å². The molecular formula is C8H12F2N2OS. The lowest BCUT2D eigenvalue weighted by Crippen LogP contribution is -2.39. The van der Waals surface area contributed by atoms with Crippen molar-refractivity contribution in [3.05, 3.63) is 0 Å². The van der Waals surface area contributed by atoms with Crippen LogP contribution in [0.4, 0.5) is 8.78 Å². The van der Waals surface area contributed by atoms with Crippen LogP contribution < -0.4 is 5.73 Å². The first-order valence-corrected chi connectivity index (χ1v) is 4.70. The quantitative estimate of drug-likeness (QED) is 0.702. The molecule has 0 aromatic heterocycles. The van der Waals surface area contributed by atoms with Crippen LogP contribution in [0, 0.1) is 5.92 Å². The summed E-state index contributed by atoms with van der Waals surface area (Å²) in [6.45, 7) is 1.10. The molecule has 2 N–H and O–H groups in total. The van der Waals surface area contributed by atoms with Crippen LogP contribution in [0.2, 0.25) is 0 Å². The number of halogens is 2. The topological polar surface area (TPSA) is 46.3 Å². The molecule has 1 amide bonds. The second-order valence-corrected chi connectivity index (χ2v) is 3.96. The van der Waals surface area contributed by atoms with Crippen molar-refractivity contribution in [1.29, 1.82) is 0 Å². The molecule has 3 nitrogen and oxygen atoms in total. The normalized spacial score (nSPS) is 22.1. The number of nitrogens with two attached hydrogens (primary N) is 1. The zero-order chi connectivity index (χ0) is 10.9. The number of carbonyl (C=O) groups excluding carboxylic acids is 1. The van der Waals surface area contributed by atoms with Gasteiger partial charge in [-0.2, -0.15) is 0 Å². The smallest absolute Gasteiger partial charge is 0.267 e. The molecule has 6 heteroatoms. The summed E-state index contributed by atoms with van der Waals surface area (Å²) in [5.41, 5.74) is 5.27. The van der Waals surface area contributed by atoms with Crippen molar-refractivity contribution in [1.82, 2.24) is 4.90 Å². The molecule has 0 radical (unpaired) electrons. The third-order valence-electron chi connectivity index (χ3n) is 2.28. The predicted molar refractivity (Wildman–Crippen MR) is 52.1 cm³/mol. The molecule has 0 aliphatic carbocycles. The van der Waals surface area contributed by atoms with Crippen molar-refractivity contribution in [2.45, 2.75) is 19.3 Å². The maximum Gasteiger partial charge on any atom is 0.267 e. The average molecular weight is 222 g/mol. The summed E-state index contributed by atoms with van der Waals surface area (Å²) < 4.78 is 25.5. The Hall–Kier alpha value is -0.780. The number of thiocarbonyl (C=S) groups is 1. The van der Waals surface area contributed by atoms with Gasteiger partial charge >= 0.3 is 0 Å². The van der Waals surface area contributed by atoms with E-state index in [0.29, 0.717) is 0 Å². The van der Waals surface area contributed by atoms with Gasteiger partial charge < -0.3 is 10.6 Å². The molecule has 14 heavy (non-hydrogen) atoms. The van der Waals surface area contributed by atoms with Gasteiger partial charge in [0.2, 0.25) is 5.91 Å². The zero-order valence-corrected chi connectivity index (χ0v) is 8.61. The van der Waals surface area contributed by atoms with Crippen LogP contribution >= 0.6 is 12.2 Å². The molecule has 1 atom stereocenters. The Bertz CT molecular complexity index is 270. The van der Waals surface area contributed by atoms with Crippen molar-refractivity contribution in [3.63, 3.8) is 0 Å². The number of likely N-dealkylation sites (tertiary alicyclic amines) is 1. The Labute approximate surface area is 86.2 Å². The van der Waals surface area contributed by atoms with Gasteiger partial charge in [0.05, 0.1) is 17.5 Å². The average Bonchev–Trinajstić information content (AvgIpc) is 2.43. The van der Waals surface area contributed by atoms with E-state index in [2.05, 4.69) is 12.2 Å². The van der Waals surface area contributed by atoms with Crippen LogP contribution in [0.1, 0.15) is 13.3 Å². The van der Waals surface area contributed by atoms with Gasteiger partial charge in [0.1, 0.15) is 0 Å². The lowest BCUT2D eigenvalue weighted by atomic mass is 10.1. The molecule has 1 fully saturated rings. The second kappa shape index (κ2) is 3.76. The molecule has 1 heterocycles. The van der Waals surface area contributed by atoms with Crippen LogP contribution in [0.15, 0.2) is 0 Å². The maximum atomic E-state index is 12.8. The van der Waals surface area contributed by atoms with E-state index in [-0.39, 0.29) is 18.0 Å². The van der Waals surface area contributed by atoms with Gasteiger partial charge in [0, 0.05) is 13.0 Å². The highest BCUT2D eigenvalue weighted by molar-refractivity contribution is 7.80. The minimum atomic E-state index is -2.76. The molecule has 1 rings (SSSR count). The van der Waals surface area contributed by atoms with Crippen molar-refractivity contribution >= 4 is 23.1 Å². The van der Waals surface area contributed by atoms with E-state index in [0.717, 1.165) is 4.90 Å². The predicted octanol–water partition coefficient (Wildman–Crippen LogP) is 0.776. The first-order valence-electron chi connectivity index (χ1n) is 4.29. The Kier molecular flexibility index (Phi) is 3.04. The van der Waals surface area contributed by atoms with Crippen LogP contribution in [0.25, 0.3) is 0 Å². The number of nitrogens with zero attached hydrogens (tertiary/aromatic N) is 1. The molecule has 80 valence electrons. The number of alkyl halides is 2. The molecule has 1 aliphatic heterocycles. The zero-order valence-electron chi connectivity index (χ0n) is 7.80. The van der Waals surface area contributed by atoms with E-state index < -0.39 is 24.3 Å². The van der Waals surface area contributed by atoms with Crippen LogP contribution in [-0.2, 0) is 4.79 Å². The molecule has 0 spiro atoms. The van der Waals surface area contributed by atoms with E-state index in [4.69, 9.17) is 5.73 Å². The molecule has 1 unspecified atom stereocenters.